The third-order valence-electron chi connectivity index (χ3n) is 1.93. The third-order valence-corrected chi connectivity index (χ3v) is 1.93. The van der Waals surface area contributed by atoms with E-state index in [1.807, 2.05) is 18.2 Å². The number of aromatic amines is 1. The highest BCUT2D eigenvalue weighted by Gasteiger charge is 2.14. The van der Waals surface area contributed by atoms with E-state index in [0.717, 1.165) is 5.56 Å². The maximum absolute atomic E-state index is 13.5. The number of nitrogens with one attached hydrogen (secondary N) is 1. The van der Waals surface area contributed by atoms with E-state index in [4.69, 9.17) is 4.74 Å². The molecule has 2 rings (SSSR count). The Balaban J connectivity index is 2.48. The van der Waals surface area contributed by atoms with Crippen LogP contribution in [-0.2, 0) is 0 Å². The Hall–Kier alpha value is -1.84. The summed E-state index contributed by atoms with van der Waals surface area (Å²) in [5.41, 5.74) is 1.01. The third kappa shape index (κ3) is 1.35. The van der Waals surface area contributed by atoms with Crippen molar-refractivity contribution in [2.24, 2.45) is 0 Å². The second kappa shape index (κ2) is 3.49. The molecule has 0 atom stereocenters. The summed E-state index contributed by atoms with van der Waals surface area (Å²) in [4.78, 5) is 0. The fourth-order valence-corrected chi connectivity index (χ4v) is 1.23. The fourth-order valence-electron chi connectivity index (χ4n) is 1.23. The predicted octanol–water partition coefficient (Wildman–Crippen LogP) is 2.22. The van der Waals surface area contributed by atoms with E-state index in [1.54, 1.807) is 12.1 Å². The van der Waals surface area contributed by atoms with Crippen LogP contribution in [0.2, 0.25) is 0 Å². The molecule has 1 aromatic carbocycles. The topological polar surface area (TPSA) is 37.9 Å². The van der Waals surface area contributed by atoms with E-state index in [-0.39, 0.29) is 11.6 Å². The summed E-state index contributed by atoms with van der Waals surface area (Å²) in [6.45, 7) is 0. The molecule has 0 saturated carbocycles. The van der Waals surface area contributed by atoms with Gasteiger partial charge in [0.25, 0.3) is 0 Å². The molecule has 0 radical (unpaired) electrons. The number of aromatic nitrogens is 2. The Morgan fingerprint density at radius 1 is 1.29 bits per heavy atom. The van der Waals surface area contributed by atoms with Gasteiger partial charge in [0.1, 0.15) is 5.69 Å². The SMILES string of the molecule is COc1[nH]nc(-c2ccccc2)c1F. The molecular weight excluding hydrogens is 183 g/mol. The van der Waals surface area contributed by atoms with E-state index >= 15 is 0 Å². The second-order valence-corrected chi connectivity index (χ2v) is 2.79. The molecule has 1 aromatic heterocycles. The van der Waals surface area contributed by atoms with Gasteiger partial charge in [-0.3, -0.25) is 0 Å². The van der Waals surface area contributed by atoms with Gasteiger partial charge in [-0.05, 0) is 0 Å². The van der Waals surface area contributed by atoms with Gasteiger partial charge in [-0.2, -0.15) is 9.49 Å². The van der Waals surface area contributed by atoms with E-state index in [0.29, 0.717) is 0 Å². The summed E-state index contributed by atoms with van der Waals surface area (Å²) in [5, 5.41) is 6.31. The molecule has 0 aliphatic rings. The number of hydrogen-bond donors (Lipinski definition) is 1. The monoisotopic (exact) mass is 192 g/mol. The van der Waals surface area contributed by atoms with Gasteiger partial charge in [-0.1, -0.05) is 30.3 Å². The molecule has 1 heterocycles. The highest BCUT2D eigenvalue weighted by atomic mass is 19.1. The molecule has 72 valence electrons. The average molecular weight is 192 g/mol. The van der Waals surface area contributed by atoms with Crippen molar-refractivity contribution < 1.29 is 9.13 Å². The quantitative estimate of drug-likeness (QED) is 0.792. The van der Waals surface area contributed by atoms with Crippen molar-refractivity contribution in [1.82, 2.24) is 10.2 Å². The Bertz CT molecular complexity index is 425. The minimum Gasteiger partial charge on any atom is -0.479 e. The van der Waals surface area contributed by atoms with E-state index in [1.165, 1.54) is 7.11 Å². The van der Waals surface area contributed by atoms with Gasteiger partial charge in [0.05, 0.1) is 7.11 Å². The van der Waals surface area contributed by atoms with Crippen LogP contribution < -0.4 is 4.74 Å². The zero-order valence-corrected chi connectivity index (χ0v) is 7.62. The van der Waals surface area contributed by atoms with Gasteiger partial charge >= 0.3 is 0 Å². The number of rotatable bonds is 2. The van der Waals surface area contributed by atoms with Gasteiger partial charge in [0, 0.05) is 5.56 Å². The molecule has 0 saturated heterocycles. The van der Waals surface area contributed by atoms with Gasteiger partial charge in [0.2, 0.25) is 11.7 Å². The van der Waals surface area contributed by atoms with Crippen molar-refractivity contribution in [2.45, 2.75) is 0 Å². The van der Waals surface area contributed by atoms with Crippen molar-refractivity contribution in [3.05, 3.63) is 36.1 Å². The fraction of sp³-hybridized carbons (Fsp3) is 0.100. The molecule has 14 heavy (non-hydrogen) atoms. The number of methoxy groups -OCH3 is 1. The molecule has 0 aliphatic carbocycles. The molecule has 0 amide bonds. The van der Waals surface area contributed by atoms with Crippen LogP contribution in [0.1, 0.15) is 0 Å². The lowest BCUT2D eigenvalue weighted by Gasteiger charge is -1.95. The van der Waals surface area contributed by atoms with Crippen molar-refractivity contribution in [2.75, 3.05) is 7.11 Å². The van der Waals surface area contributed by atoms with Crippen LogP contribution in [0.5, 0.6) is 5.88 Å². The number of ether oxygens (including phenoxy) is 1. The Morgan fingerprint density at radius 2 is 2.00 bits per heavy atom. The highest BCUT2D eigenvalue weighted by molar-refractivity contribution is 5.60. The van der Waals surface area contributed by atoms with Crippen LogP contribution in [-0.4, -0.2) is 17.3 Å². The molecule has 0 unspecified atom stereocenters. The van der Waals surface area contributed by atoms with Crippen LogP contribution in [0.25, 0.3) is 11.3 Å². The summed E-state index contributed by atoms with van der Waals surface area (Å²) in [7, 11) is 1.39. The van der Waals surface area contributed by atoms with Crippen molar-refractivity contribution in [3.8, 4) is 17.1 Å². The number of benzene rings is 1. The minimum absolute atomic E-state index is 0.0591. The van der Waals surface area contributed by atoms with E-state index in [9.17, 15) is 4.39 Å². The second-order valence-electron chi connectivity index (χ2n) is 2.79. The first kappa shape index (κ1) is 8.74. The summed E-state index contributed by atoms with van der Waals surface area (Å²) in [5.74, 6) is -0.400. The Labute approximate surface area is 80.5 Å². The largest absolute Gasteiger partial charge is 0.479 e. The lowest BCUT2D eigenvalue weighted by molar-refractivity contribution is 0.373. The Kier molecular flexibility index (Phi) is 2.18. The first-order valence-electron chi connectivity index (χ1n) is 4.16. The maximum atomic E-state index is 13.5. The average Bonchev–Trinajstić information content (AvgIpc) is 2.61. The summed E-state index contributed by atoms with van der Waals surface area (Å²) in [6, 6.07) is 9.11. The maximum Gasteiger partial charge on any atom is 0.246 e. The number of H-pyrrole nitrogens is 1. The molecule has 0 spiro atoms. The molecule has 4 heteroatoms. The van der Waals surface area contributed by atoms with Crippen LogP contribution >= 0.6 is 0 Å². The first-order valence-corrected chi connectivity index (χ1v) is 4.16. The van der Waals surface area contributed by atoms with Crippen LogP contribution in [0.15, 0.2) is 30.3 Å². The van der Waals surface area contributed by atoms with E-state index in [2.05, 4.69) is 10.2 Å². The van der Waals surface area contributed by atoms with Crippen molar-refractivity contribution in [3.63, 3.8) is 0 Å². The van der Waals surface area contributed by atoms with Gasteiger partial charge in [0.15, 0.2) is 0 Å². The molecule has 2 aromatic rings. The lowest BCUT2D eigenvalue weighted by atomic mass is 10.1. The number of nitrogens with zero attached hydrogens (tertiary/aromatic N) is 1. The molecular formula is C10H9FN2O. The number of hydrogen-bond acceptors (Lipinski definition) is 2. The van der Waals surface area contributed by atoms with Gasteiger partial charge in [-0.25, -0.2) is 5.10 Å². The summed E-state index contributed by atoms with van der Waals surface area (Å²) >= 11 is 0. The highest BCUT2D eigenvalue weighted by Crippen LogP contribution is 2.25. The predicted molar refractivity (Wildman–Crippen MR) is 50.5 cm³/mol. The normalized spacial score (nSPS) is 10.1. The van der Waals surface area contributed by atoms with Crippen LogP contribution in [0, 0.1) is 5.82 Å². The molecule has 1 N–H and O–H groups in total. The lowest BCUT2D eigenvalue weighted by Crippen LogP contribution is -1.85. The zero-order chi connectivity index (χ0) is 9.97. The van der Waals surface area contributed by atoms with Crippen LogP contribution in [0.4, 0.5) is 4.39 Å². The molecule has 0 aliphatic heterocycles. The van der Waals surface area contributed by atoms with Crippen molar-refractivity contribution in [1.29, 1.82) is 0 Å². The Morgan fingerprint density at radius 3 is 2.57 bits per heavy atom. The van der Waals surface area contributed by atoms with Gasteiger partial charge < -0.3 is 4.74 Å². The minimum atomic E-state index is -0.460. The van der Waals surface area contributed by atoms with Crippen molar-refractivity contribution >= 4 is 0 Å². The smallest absolute Gasteiger partial charge is 0.246 e. The molecule has 3 nitrogen and oxygen atoms in total. The van der Waals surface area contributed by atoms with Crippen LogP contribution in [0.3, 0.4) is 0 Å². The summed E-state index contributed by atoms with van der Waals surface area (Å²) in [6.07, 6.45) is 0. The molecule has 0 bridgehead atoms. The first-order chi connectivity index (χ1) is 6.83. The molecule has 0 fully saturated rings. The summed E-state index contributed by atoms with van der Waals surface area (Å²) < 4.78 is 18.3. The standard InChI is InChI=1S/C10H9FN2O/c1-14-10-8(11)9(12-13-10)7-5-3-2-4-6-7/h2-6H,1H3,(H,12,13). The number of halogens is 1. The zero-order valence-electron chi connectivity index (χ0n) is 7.62. The van der Waals surface area contributed by atoms with E-state index < -0.39 is 5.82 Å². The van der Waals surface area contributed by atoms with Gasteiger partial charge in [-0.15, -0.1) is 0 Å².